The Kier molecular flexibility index (Phi) is 3.98. The molecule has 1 N–H and O–H groups in total. The van der Waals surface area contributed by atoms with Gasteiger partial charge in [0.15, 0.2) is 11.5 Å². The summed E-state index contributed by atoms with van der Waals surface area (Å²) in [5.41, 5.74) is 2.75. The van der Waals surface area contributed by atoms with Crippen molar-refractivity contribution in [1.82, 2.24) is 4.98 Å². The quantitative estimate of drug-likeness (QED) is 0.719. The van der Waals surface area contributed by atoms with Crippen molar-refractivity contribution in [3.05, 3.63) is 58.4 Å². The summed E-state index contributed by atoms with van der Waals surface area (Å²) >= 11 is 3.36. The molecule has 0 radical (unpaired) electrons. The van der Waals surface area contributed by atoms with Crippen LogP contribution in [0.2, 0.25) is 0 Å². The maximum Gasteiger partial charge on any atom is 0.255 e. The Morgan fingerprint density at radius 1 is 1.23 bits per heavy atom. The van der Waals surface area contributed by atoms with E-state index in [9.17, 15) is 4.79 Å². The fraction of sp³-hybridized carbons (Fsp3) is 0.176. The van der Waals surface area contributed by atoms with Crippen molar-refractivity contribution in [3.63, 3.8) is 0 Å². The molecule has 3 rings (SSSR count). The van der Waals surface area contributed by atoms with E-state index in [1.54, 1.807) is 18.2 Å². The number of fused-ring (bicyclic) bond motifs is 1. The van der Waals surface area contributed by atoms with E-state index in [4.69, 9.17) is 4.42 Å². The molecule has 0 bridgehead atoms. The monoisotopic (exact) mass is 358 g/mol. The van der Waals surface area contributed by atoms with E-state index >= 15 is 0 Å². The number of aromatic nitrogens is 1. The zero-order chi connectivity index (χ0) is 15.7. The zero-order valence-corrected chi connectivity index (χ0v) is 13.8. The molecule has 0 atom stereocenters. The van der Waals surface area contributed by atoms with Gasteiger partial charge in [-0.15, -0.1) is 0 Å². The summed E-state index contributed by atoms with van der Waals surface area (Å²) in [6.45, 7) is 4.06. The van der Waals surface area contributed by atoms with Gasteiger partial charge in [0.25, 0.3) is 5.91 Å². The first-order chi connectivity index (χ1) is 10.5. The minimum absolute atomic E-state index is 0.163. The van der Waals surface area contributed by atoms with E-state index in [2.05, 4.69) is 26.2 Å². The van der Waals surface area contributed by atoms with Crippen LogP contribution in [0.3, 0.4) is 0 Å². The van der Waals surface area contributed by atoms with Crippen LogP contribution in [0.4, 0.5) is 5.69 Å². The Morgan fingerprint density at radius 2 is 2.05 bits per heavy atom. The minimum atomic E-state index is -0.163. The van der Waals surface area contributed by atoms with Crippen LogP contribution in [0.25, 0.3) is 11.1 Å². The van der Waals surface area contributed by atoms with E-state index in [0.29, 0.717) is 22.7 Å². The maximum atomic E-state index is 12.2. The van der Waals surface area contributed by atoms with Crippen molar-refractivity contribution in [3.8, 4) is 0 Å². The summed E-state index contributed by atoms with van der Waals surface area (Å²) in [5, 5.41) is 2.87. The first kappa shape index (κ1) is 14.8. The summed E-state index contributed by atoms with van der Waals surface area (Å²) in [7, 11) is 0. The highest BCUT2D eigenvalue weighted by molar-refractivity contribution is 9.10. The molecule has 0 unspecified atom stereocenters. The second kappa shape index (κ2) is 5.93. The lowest BCUT2D eigenvalue weighted by atomic mass is 10.2. The third-order valence-electron chi connectivity index (χ3n) is 3.24. The highest BCUT2D eigenvalue weighted by Crippen LogP contribution is 2.24. The van der Waals surface area contributed by atoms with E-state index < -0.39 is 0 Å². The van der Waals surface area contributed by atoms with Gasteiger partial charge in [-0.05, 0) is 30.3 Å². The minimum Gasteiger partial charge on any atom is -0.440 e. The van der Waals surface area contributed by atoms with Gasteiger partial charge in [-0.25, -0.2) is 4.98 Å². The molecule has 0 aliphatic carbocycles. The summed E-state index contributed by atoms with van der Waals surface area (Å²) in [6, 6.07) is 12.7. The van der Waals surface area contributed by atoms with Crippen molar-refractivity contribution in [2.75, 3.05) is 5.32 Å². The van der Waals surface area contributed by atoms with Crippen LogP contribution in [-0.4, -0.2) is 10.9 Å². The highest BCUT2D eigenvalue weighted by atomic mass is 79.9. The van der Waals surface area contributed by atoms with E-state index in [1.165, 1.54) is 0 Å². The van der Waals surface area contributed by atoms with E-state index in [1.807, 2.05) is 38.1 Å². The molecule has 2 aromatic carbocycles. The number of hydrogen-bond acceptors (Lipinski definition) is 3. The molecular formula is C17H15BrN2O2. The molecule has 1 aromatic heterocycles. The first-order valence-electron chi connectivity index (χ1n) is 7.00. The third-order valence-corrected chi connectivity index (χ3v) is 3.74. The van der Waals surface area contributed by atoms with Gasteiger partial charge in [-0.3, -0.25) is 4.79 Å². The van der Waals surface area contributed by atoms with Gasteiger partial charge in [0.05, 0.1) is 0 Å². The zero-order valence-electron chi connectivity index (χ0n) is 12.3. The van der Waals surface area contributed by atoms with Gasteiger partial charge in [0.2, 0.25) is 0 Å². The molecule has 4 nitrogen and oxygen atoms in total. The molecule has 5 heteroatoms. The molecule has 1 heterocycles. The molecule has 22 heavy (non-hydrogen) atoms. The second-order valence-electron chi connectivity index (χ2n) is 5.35. The molecule has 1 amide bonds. The number of oxazole rings is 1. The lowest BCUT2D eigenvalue weighted by Gasteiger charge is -2.05. The average molecular weight is 359 g/mol. The first-order valence-corrected chi connectivity index (χ1v) is 7.79. The lowest BCUT2D eigenvalue weighted by Crippen LogP contribution is -2.11. The van der Waals surface area contributed by atoms with Crippen LogP contribution < -0.4 is 5.32 Å². The fourth-order valence-electron chi connectivity index (χ4n) is 2.10. The number of amides is 1. The largest absolute Gasteiger partial charge is 0.440 e. The van der Waals surface area contributed by atoms with Gasteiger partial charge in [-0.1, -0.05) is 35.8 Å². The van der Waals surface area contributed by atoms with E-state index in [-0.39, 0.29) is 11.8 Å². The molecule has 0 fully saturated rings. The summed E-state index contributed by atoms with van der Waals surface area (Å²) < 4.78 is 6.57. The number of hydrogen-bond donors (Lipinski definition) is 1. The van der Waals surface area contributed by atoms with Crippen molar-refractivity contribution < 1.29 is 9.21 Å². The number of nitrogens with one attached hydrogen (secondary N) is 1. The number of rotatable bonds is 3. The van der Waals surface area contributed by atoms with Crippen molar-refractivity contribution in [1.29, 1.82) is 0 Å². The van der Waals surface area contributed by atoms with Crippen LogP contribution in [0.5, 0.6) is 0 Å². The van der Waals surface area contributed by atoms with Crippen LogP contribution >= 0.6 is 15.9 Å². The molecular weight excluding hydrogens is 344 g/mol. The maximum absolute atomic E-state index is 12.2. The smallest absolute Gasteiger partial charge is 0.255 e. The Morgan fingerprint density at radius 3 is 2.77 bits per heavy atom. The molecule has 0 aliphatic rings. The van der Waals surface area contributed by atoms with Crippen LogP contribution in [-0.2, 0) is 0 Å². The predicted molar refractivity (Wildman–Crippen MR) is 90.2 cm³/mol. The number of halogens is 1. The second-order valence-corrected chi connectivity index (χ2v) is 6.27. The molecule has 0 spiro atoms. The third kappa shape index (κ3) is 3.04. The molecule has 3 aromatic rings. The van der Waals surface area contributed by atoms with Crippen molar-refractivity contribution >= 4 is 38.6 Å². The van der Waals surface area contributed by atoms with Crippen molar-refractivity contribution in [2.24, 2.45) is 0 Å². The summed E-state index contributed by atoms with van der Waals surface area (Å²) in [5.74, 6) is 0.766. The van der Waals surface area contributed by atoms with E-state index in [0.717, 1.165) is 9.99 Å². The number of carbonyl (C=O) groups is 1. The summed E-state index contributed by atoms with van der Waals surface area (Å²) in [6.07, 6.45) is 0. The molecule has 0 aliphatic heterocycles. The Bertz CT molecular complexity index is 840. The number of benzene rings is 2. The topological polar surface area (TPSA) is 55.1 Å². The molecule has 112 valence electrons. The SMILES string of the molecule is CC(C)c1nc2ccc(NC(=O)c3cccc(Br)c3)cc2o1. The highest BCUT2D eigenvalue weighted by Gasteiger charge is 2.11. The Labute approximate surface area is 136 Å². The van der Waals surface area contributed by atoms with Crippen molar-refractivity contribution in [2.45, 2.75) is 19.8 Å². The number of carbonyl (C=O) groups excluding carboxylic acids is 1. The lowest BCUT2D eigenvalue weighted by molar-refractivity contribution is 0.102. The molecule has 0 saturated carbocycles. The number of anilines is 1. The van der Waals surface area contributed by atoms with Crippen LogP contribution in [0.1, 0.15) is 36.0 Å². The number of nitrogens with zero attached hydrogens (tertiary/aromatic N) is 1. The predicted octanol–water partition coefficient (Wildman–Crippen LogP) is 4.97. The van der Waals surface area contributed by atoms with Gasteiger partial charge in [0, 0.05) is 27.7 Å². The Hall–Kier alpha value is -2.14. The summed E-state index contributed by atoms with van der Waals surface area (Å²) in [4.78, 5) is 16.7. The fourth-order valence-corrected chi connectivity index (χ4v) is 2.50. The average Bonchev–Trinajstić information content (AvgIpc) is 2.90. The standard InChI is InChI=1S/C17H15BrN2O2/c1-10(2)17-20-14-7-6-13(9-15(14)22-17)19-16(21)11-4-3-5-12(18)8-11/h3-10H,1-2H3,(H,19,21). The van der Waals surface area contributed by atoms with Crippen LogP contribution in [0, 0.1) is 0 Å². The molecule has 0 saturated heterocycles. The van der Waals surface area contributed by atoms with Gasteiger partial charge >= 0.3 is 0 Å². The van der Waals surface area contributed by atoms with Gasteiger partial charge in [0.1, 0.15) is 5.52 Å². The van der Waals surface area contributed by atoms with Gasteiger partial charge < -0.3 is 9.73 Å². The normalized spacial score (nSPS) is 11.1. The van der Waals surface area contributed by atoms with Crippen LogP contribution in [0.15, 0.2) is 51.4 Å². The van der Waals surface area contributed by atoms with Gasteiger partial charge in [-0.2, -0.15) is 0 Å². The Balaban J connectivity index is 1.86.